The van der Waals surface area contributed by atoms with Gasteiger partial charge in [0.15, 0.2) is 5.76 Å². The summed E-state index contributed by atoms with van der Waals surface area (Å²) < 4.78 is 30.3. The van der Waals surface area contributed by atoms with Gasteiger partial charge in [0.1, 0.15) is 0 Å². The molecule has 1 amide bonds. The van der Waals surface area contributed by atoms with Gasteiger partial charge in [-0.3, -0.25) is 4.79 Å². The number of carbonyl (C=O) groups is 1. The van der Waals surface area contributed by atoms with Crippen LogP contribution in [0, 0.1) is 0 Å². The fourth-order valence-corrected chi connectivity index (χ4v) is 2.40. The molecule has 7 nitrogen and oxygen atoms in total. The van der Waals surface area contributed by atoms with Gasteiger partial charge in [-0.2, -0.15) is 0 Å². The van der Waals surface area contributed by atoms with E-state index < -0.39 is 21.5 Å². The van der Waals surface area contributed by atoms with E-state index in [1.54, 1.807) is 0 Å². The lowest BCUT2D eigenvalue weighted by atomic mass is 9.93. The van der Waals surface area contributed by atoms with E-state index in [-0.39, 0.29) is 10.9 Å². The van der Waals surface area contributed by atoms with E-state index in [0.717, 1.165) is 0 Å². The zero-order valence-electron chi connectivity index (χ0n) is 11.9. The molecule has 0 unspecified atom stereocenters. The lowest BCUT2D eigenvalue weighted by molar-refractivity contribution is 0.0861. The summed E-state index contributed by atoms with van der Waals surface area (Å²) in [6.07, 6.45) is 1.35. The minimum absolute atomic E-state index is 0.0569. The van der Waals surface area contributed by atoms with Crippen molar-refractivity contribution >= 4 is 15.9 Å². The van der Waals surface area contributed by atoms with Crippen LogP contribution in [0.1, 0.15) is 37.2 Å². The lowest BCUT2D eigenvalue weighted by Crippen LogP contribution is -2.52. The summed E-state index contributed by atoms with van der Waals surface area (Å²) in [5.74, 6) is -0.532. The van der Waals surface area contributed by atoms with Crippen molar-refractivity contribution in [2.24, 2.45) is 5.73 Å². The van der Waals surface area contributed by atoms with Gasteiger partial charge in [-0.15, -0.1) is 0 Å². The average Bonchev–Trinajstić information content (AvgIpc) is 2.95. The second kappa shape index (κ2) is 6.38. The molecule has 0 aliphatic carbocycles. The van der Waals surface area contributed by atoms with Gasteiger partial charge in [0.2, 0.25) is 5.09 Å². The minimum Gasteiger partial charge on any atom is -0.438 e. The van der Waals surface area contributed by atoms with Crippen molar-refractivity contribution in [1.29, 1.82) is 0 Å². The van der Waals surface area contributed by atoms with E-state index in [1.807, 2.05) is 13.8 Å². The zero-order chi connectivity index (χ0) is 15.4. The van der Waals surface area contributed by atoms with E-state index in [2.05, 4.69) is 10.0 Å². The third-order valence-corrected chi connectivity index (χ3v) is 4.75. The summed E-state index contributed by atoms with van der Waals surface area (Å²) in [5.41, 5.74) is 5.19. The number of amides is 1. The number of carbonyl (C=O) groups excluding carboxylic acids is 1. The second-order valence-electron chi connectivity index (χ2n) is 4.47. The lowest BCUT2D eigenvalue weighted by Gasteiger charge is -2.30. The number of hydrogen-bond donors (Lipinski definition) is 3. The first-order chi connectivity index (χ1) is 9.34. The summed E-state index contributed by atoms with van der Waals surface area (Å²) >= 11 is 0. The van der Waals surface area contributed by atoms with Crippen molar-refractivity contribution < 1.29 is 17.6 Å². The highest BCUT2D eigenvalue weighted by molar-refractivity contribution is 7.89. The van der Waals surface area contributed by atoms with Gasteiger partial charge >= 0.3 is 0 Å². The maximum absolute atomic E-state index is 12.1. The van der Waals surface area contributed by atoms with Crippen LogP contribution in [0.5, 0.6) is 0 Å². The van der Waals surface area contributed by atoms with E-state index in [9.17, 15) is 13.2 Å². The van der Waals surface area contributed by atoms with Gasteiger partial charge in [-0.1, -0.05) is 13.8 Å². The molecule has 0 aliphatic rings. The third-order valence-electron chi connectivity index (χ3n) is 3.46. The molecule has 0 atom stereocenters. The SMILES string of the molecule is CCC(CC)(CN)NC(=O)c1ccc(S(=O)(=O)NC)o1. The number of nitrogens with one attached hydrogen (secondary N) is 2. The van der Waals surface area contributed by atoms with E-state index in [4.69, 9.17) is 10.2 Å². The van der Waals surface area contributed by atoms with Crippen molar-refractivity contribution in [2.75, 3.05) is 13.6 Å². The maximum Gasteiger partial charge on any atom is 0.287 e. The molecule has 4 N–H and O–H groups in total. The van der Waals surface area contributed by atoms with Crippen LogP contribution < -0.4 is 15.8 Å². The molecule has 1 rings (SSSR count). The highest BCUT2D eigenvalue weighted by Gasteiger charge is 2.28. The molecule has 8 heteroatoms. The Kier molecular flexibility index (Phi) is 5.32. The van der Waals surface area contributed by atoms with Crippen LogP contribution in [-0.2, 0) is 10.0 Å². The van der Waals surface area contributed by atoms with Crippen molar-refractivity contribution in [3.63, 3.8) is 0 Å². The monoisotopic (exact) mass is 303 g/mol. The van der Waals surface area contributed by atoms with Crippen molar-refractivity contribution in [3.05, 3.63) is 17.9 Å². The van der Waals surface area contributed by atoms with Crippen LogP contribution in [0.25, 0.3) is 0 Å². The quantitative estimate of drug-likeness (QED) is 0.676. The highest BCUT2D eigenvalue weighted by atomic mass is 32.2. The van der Waals surface area contributed by atoms with E-state index in [1.165, 1.54) is 19.2 Å². The van der Waals surface area contributed by atoms with Crippen LogP contribution in [0.3, 0.4) is 0 Å². The average molecular weight is 303 g/mol. The fourth-order valence-electron chi connectivity index (χ4n) is 1.76. The Balaban J connectivity index is 2.95. The molecule has 1 aromatic rings. The molecule has 20 heavy (non-hydrogen) atoms. The second-order valence-corrected chi connectivity index (χ2v) is 6.29. The predicted octanol–water partition coefficient (Wildman–Crippen LogP) is 0.435. The molecular formula is C12H21N3O4S. The first-order valence-corrected chi connectivity index (χ1v) is 7.88. The van der Waals surface area contributed by atoms with Crippen LogP contribution in [0.4, 0.5) is 0 Å². The fraction of sp³-hybridized carbons (Fsp3) is 0.583. The molecule has 0 saturated carbocycles. The summed E-state index contributed by atoms with van der Waals surface area (Å²) in [7, 11) is -2.42. The van der Waals surface area contributed by atoms with Crippen molar-refractivity contribution in [3.8, 4) is 0 Å². The van der Waals surface area contributed by atoms with Gasteiger partial charge in [0.05, 0.1) is 5.54 Å². The number of sulfonamides is 1. The minimum atomic E-state index is -3.69. The molecule has 114 valence electrons. The van der Waals surface area contributed by atoms with Crippen LogP contribution in [0.2, 0.25) is 0 Å². The van der Waals surface area contributed by atoms with Gasteiger partial charge in [0.25, 0.3) is 15.9 Å². The van der Waals surface area contributed by atoms with Crippen LogP contribution in [-0.4, -0.2) is 33.5 Å². The van der Waals surface area contributed by atoms with Gasteiger partial charge in [-0.25, -0.2) is 13.1 Å². The topological polar surface area (TPSA) is 114 Å². The molecule has 1 heterocycles. The van der Waals surface area contributed by atoms with E-state index >= 15 is 0 Å². The number of hydrogen-bond acceptors (Lipinski definition) is 5. The molecule has 0 fully saturated rings. The number of furan rings is 1. The Morgan fingerprint density at radius 3 is 2.40 bits per heavy atom. The Labute approximate surface area is 119 Å². The normalized spacial score (nSPS) is 12.4. The van der Waals surface area contributed by atoms with Crippen LogP contribution >= 0.6 is 0 Å². The van der Waals surface area contributed by atoms with Crippen molar-refractivity contribution in [2.45, 2.75) is 37.3 Å². The summed E-state index contributed by atoms with van der Waals surface area (Å²) in [4.78, 5) is 12.1. The Bertz CT molecular complexity index is 553. The molecule has 1 aromatic heterocycles. The summed E-state index contributed by atoms with van der Waals surface area (Å²) in [5, 5.41) is 2.51. The largest absolute Gasteiger partial charge is 0.438 e. The molecular weight excluding hydrogens is 282 g/mol. The maximum atomic E-state index is 12.1. The molecule has 0 bridgehead atoms. The molecule has 0 aliphatic heterocycles. The van der Waals surface area contributed by atoms with Crippen LogP contribution in [0.15, 0.2) is 21.6 Å². The Morgan fingerprint density at radius 1 is 1.35 bits per heavy atom. The van der Waals surface area contributed by atoms with Crippen molar-refractivity contribution in [1.82, 2.24) is 10.0 Å². The third kappa shape index (κ3) is 3.38. The molecule has 0 aromatic carbocycles. The molecule has 0 saturated heterocycles. The number of nitrogens with two attached hydrogens (primary N) is 1. The van der Waals surface area contributed by atoms with E-state index in [0.29, 0.717) is 19.4 Å². The Morgan fingerprint density at radius 2 is 1.95 bits per heavy atom. The first kappa shape index (κ1) is 16.7. The molecule has 0 radical (unpaired) electrons. The smallest absolute Gasteiger partial charge is 0.287 e. The van der Waals surface area contributed by atoms with Gasteiger partial charge < -0.3 is 15.5 Å². The molecule has 0 spiro atoms. The van der Waals surface area contributed by atoms with Gasteiger partial charge in [-0.05, 0) is 32.0 Å². The first-order valence-electron chi connectivity index (χ1n) is 6.40. The zero-order valence-corrected chi connectivity index (χ0v) is 12.7. The standard InChI is InChI=1S/C12H21N3O4S/c1-4-12(5-2,8-13)15-11(16)9-6-7-10(19-9)20(17,18)14-3/h6-7,14H,4-5,8,13H2,1-3H3,(H,15,16). The Hall–Kier alpha value is -1.38. The number of rotatable bonds is 7. The predicted molar refractivity (Wildman–Crippen MR) is 74.8 cm³/mol. The van der Waals surface area contributed by atoms with Gasteiger partial charge in [0, 0.05) is 6.54 Å². The summed E-state index contributed by atoms with van der Waals surface area (Å²) in [6, 6.07) is 2.56. The highest BCUT2D eigenvalue weighted by Crippen LogP contribution is 2.17. The summed E-state index contributed by atoms with van der Waals surface area (Å²) in [6.45, 7) is 4.15.